The molecule has 0 amide bonds. The Hall–Kier alpha value is -1.00. The van der Waals surface area contributed by atoms with Crippen LogP contribution in [0.1, 0.15) is 63.7 Å². The van der Waals surface area contributed by atoms with E-state index in [9.17, 15) is 0 Å². The number of rotatable bonds is 5. The molecule has 1 N–H and O–H groups in total. The highest BCUT2D eigenvalue weighted by Gasteiger charge is 2.42. The topological polar surface area (TPSA) is 47.0 Å². The lowest BCUT2D eigenvalue weighted by Gasteiger charge is -2.41. The first-order valence-corrected chi connectivity index (χ1v) is 8.02. The molecule has 1 saturated carbocycles. The summed E-state index contributed by atoms with van der Waals surface area (Å²) < 4.78 is 5.93. The molecule has 4 heteroatoms. The van der Waals surface area contributed by atoms with Crippen molar-refractivity contribution in [1.29, 1.82) is 0 Å². The van der Waals surface area contributed by atoms with Crippen LogP contribution in [0.2, 0.25) is 0 Å². The predicted molar refractivity (Wildman–Crippen MR) is 85.1 cm³/mol. The molecule has 1 aromatic rings. The number of ether oxygens (including phenoxy) is 1. The fourth-order valence-electron chi connectivity index (χ4n) is 3.03. The van der Waals surface area contributed by atoms with E-state index in [4.69, 9.17) is 14.7 Å². The summed E-state index contributed by atoms with van der Waals surface area (Å²) in [4.78, 5) is 9.48. The van der Waals surface area contributed by atoms with Crippen LogP contribution in [-0.4, -0.2) is 23.6 Å². The van der Waals surface area contributed by atoms with Crippen LogP contribution in [0.15, 0.2) is 6.07 Å². The van der Waals surface area contributed by atoms with Gasteiger partial charge in [-0.1, -0.05) is 20.8 Å². The Morgan fingerprint density at radius 3 is 2.43 bits per heavy atom. The predicted octanol–water partition coefficient (Wildman–Crippen LogP) is 3.34. The molecule has 1 aliphatic carbocycles. The van der Waals surface area contributed by atoms with Gasteiger partial charge in [0.15, 0.2) is 5.82 Å². The number of methoxy groups -OCH3 is 1. The van der Waals surface area contributed by atoms with Gasteiger partial charge in [-0.2, -0.15) is 0 Å². The molecule has 0 spiro atoms. The molecule has 1 heterocycles. The van der Waals surface area contributed by atoms with E-state index in [-0.39, 0.29) is 5.60 Å². The molecule has 4 nitrogen and oxygen atoms in total. The number of aromatic nitrogens is 2. The SMILES string of the molecule is CCNCc1cc(C)nc(C2(OC)CCC(C)(C)CC2)n1. The van der Waals surface area contributed by atoms with Crippen LogP contribution in [0.3, 0.4) is 0 Å². The number of aryl methyl sites for hydroxylation is 1. The first kappa shape index (κ1) is 16.4. The van der Waals surface area contributed by atoms with Gasteiger partial charge in [-0.15, -0.1) is 0 Å². The van der Waals surface area contributed by atoms with E-state index in [0.717, 1.165) is 56.0 Å². The molecule has 0 unspecified atom stereocenters. The van der Waals surface area contributed by atoms with Crippen molar-refractivity contribution in [2.75, 3.05) is 13.7 Å². The van der Waals surface area contributed by atoms with Crippen LogP contribution < -0.4 is 5.32 Å². The summed E-state index contributed by atoms with van der Waals surface area (Å²) in [6.07, 6.45) is 4.31. The van der Waals surface area contributed by atoms with Crippen LogP contribution in [-0.2, 0) is 16.9 Å². The van der Waals surface area contributed by atoms with E-state index in [1.54, 1.807) is 7.11 Å². The van der Waals surface area contributed by atoms with Gasteiger partial charge < -0.3 is 10.1 Å². The van der Waals surface area contributed by atoms with Crippen molar-refractivity contribution in [3.05, 3.63) is 23.3 Å². The highest BCUT2D eigenvalue weighted by Crippen LogP contribution is 2.46. The number of hydrogen-bond donors (Lipinski definition) is 1. The lowest BCUT2D eigenvalue weighted by atomic mass is 9.70. The summed E-state index contributed by atoms with van der Waals surface area (Å²) in [6, 6.07) is 2.06. The van der Waals surface area contributed by atoms with Crippen molar-refractivity contribution in [3.8, 4) is 0 Å². The number of nitrogens with zero attached hydrogens (tertiary/aromatic N) is 2. The molecule has 0 bridgehead atoms. The Morgan fingerprint density at radius 1 is 1.19 bits per heavy atom. The third kappa shape index (κ3) is 3.80. The quantitative estimate of drug-likeness (QED) is 0.904. The number of hydrogen-bond acceptors (Lipinski definition) is 4. The van der Waals surface area contributed by atoms with Crippen molar-refractivity contribution >= 4 is 0 Å². The van der Waals surface area contributed by atoms with E-state index in [0.29, 0.717) is 5.41 Å². The average molecular weight is 291 g/mol. The highest BCUT2D eigenvalue weighted by atomic mass is 16.5. The summed E-state index contributed by atoms with van der Waals surface area (Å²) in [6.45, 7) is 10.5. The van der Waals surface area contributed by atoms with Crippen molar-refractivity contribution in [1.82, 2.24) is 15.3 Å². The van der Waals surface area contributed by atoms with Crippen molar-refractivity contribution in [3.63, 3.8) is 0 Å². The van der Waals surface area contributed by atoms with Crippen LogP contribution >= 0.6 is 0 Å². The van der Waals surface area contributed by atoms with Crippen LogP contribution in [0.25, 0.3) is 0 Å². The van der Waals surface area contributed by atoms with Crippen molar-refractivity contribution < 1.29 is 4.74 Å². The standard InChI is InChI=1S/C17H29N3O/c1-6-18-12-14-11-13(2)19-15(20-14)17(21-5)9-7-16(3,4)8-10-17/h11,18H,6-10,12H2,1-5H3. The normalized spacial score (nSPS) is 20.4. The minimum atomic E-state index is -0.303. The Balaban J connectivity index is 2.27. The summed E-state index contributed by atoms with van der Waals surface area (Å²) >= 11 is 0. The van der Waals surface area contributed by atoms with Gasteiger partial charge in [0.1, 0.15) is 5.60 Å². The highest BCUT2D eigenvalue weighted by molar-refractivity contribution is 5.15. The lowest BCUT2D eigenvalue weighted by molar-refractivity contribution is -0.0731. The molecule has 118 valence electrons. The maximum atomic E-state index is 5.93. The average Bonchev–Trinajstić information content (AvgIpc) is 2.45. The molecule has 0 saturated heterocycles. The van der Waals surface area contributed by atoms with E-state index in [1.807, 2.05) is 6.92 Å². The molecule has 1 aromatic heterocycles. The monoisotopic (exact) mass is 291 g/mol. The molecule has 0 aliphatic heterocycles. The Labute approximate surface area is 128 Å². The molecule has 1 fully saturated rings. The molecule has 0 aromatic carbocycles. The lowest BCUT2D eigenvalue weighted by Crippen LogP contribution is -2.38. The van der Waals surface area contributed by atoms with Crippen LogP contribution in [0.4, 0.5) is 0 Å². The maximum absolute atomic E-state index is 5.93. The summed E-state index contributed by atoms with van der Waals surface area (Å²) in [7, 11) is 1.80. The van der Waals surface area contributed by atoms with Gasteiger partial charge >= 0.3 is 0 Å². The third-order valence-corrected chi connectivity index (χ3v) is 4.67. The second-order valence-electron chi connectivity index (χ2n) is 6.97. The Kier molecular flexibility index (Phi) is 4.99. The molecule has 0 atom stereocenters. The van der Waals surface area contributed by atoms with Gasteiger partial charge in [0.05, 0.1) is 5.69 Å². The van der Waals surface area contributed by atoms with Gasteiger partial charge in [0.2, 0.25) is 0 Å². The van der Waals surface area contributed by atoms with Gasteiger partial charge in [0, 0.05) is 19.3 Å². The molecular weight excluding hydrogens is 262 g/mol. The fourth-order valence-corrected chi connectivity index (χ4v) is 3.03. The first-order chi connectivity index (χ1) is 9.91. The Bertz CT molecular complexity index is 475. The Morgan fingerprint density at radius 2 is 1.86 bits per heavy atom. The molecule has 1 aliphatic rings. The fraction of sp³-hybridized carbons (Fsp3) is 0.765. The minimum Gasteiger partial charge on any atom is -0.370 e. The van der Waals surface area contributed by atoms with Gasteiger partial charge in [0.25, 0.3) is 0 Å². The largest absolute Gasteiger partial charge is 0.370 e. The second kappa shape index (κ2) is 6.41. The zero-order valence-electron chi connectivity index (χ0n) is 14.1. The maximum Gasteiger partial charge on any atom is 0.160 e. The first-order valence-electron chi connectivity index (χ1n) is 8.02. The molecule has 21 heavy (non-hydrogen) atoms. The summed E-state index contributed by atoms with van der Waals surface area (Å²) in [5, 5.41) is 3.33. The zero-order valence-corrected chi connectivity index (χ0v) is 14.1. The van der Waals surface area contributed by atoms with Gasteiger partial charge in [-0.25, -0.2) is 9.97 Å². The van der Waals surface area contributed by atoms with Crippen molar-refractivity contribution in [2.24, 2.45) is 5.41 Å². The second-order valence-corrected chi connectivity index (χ2v) is 6.97. The summed E-state index contributed by atoms with van der Waals surface area (Å²) in [5.41, 5.74) is 2.18. The zero-order chi connectivity index (χ0) is 15.5. The molecule has 2 rings (SSSR count). The van der Waals surface area contributed by atoms with Crippen LogP contribution in [0, 0.1) is 12.3 Å². The van der Waals surface area contributed by atoms with E-state index in [1.165, 1.54) is 0 Å². The molecular formula is C17H29N3O. The third-order valence-electron chi connectivity index (χ3n) is 4.67. The van der Waals surface area contributed by atoms with Crippen LogP contribution in [0.5, 0.6) is 0 Å². The smallest absolute Gasteiger partial charge is 0.160 e. The number of nitrogens with one attached hydrogen (secondary N) is 1. The van der Waals surface area contributed by atoms with Gasteiger partial charge in [-0.05, 0) is 50.6 Å². The van der Waals surface area contributed by atoms with Gasteiger partial charge in [-0.3, -0.25) is 0 Å². The van der Waals surface area contributed by atoms with Crippen molar-refractivity contribution in [2.45, 2.75) is 65.5 Å². The van der Waals surface area contributed by atoms with E-state index < -0.39 is 0 Å². The summed E-state index contributed by atoms with van der Waals surface area (Å²) in [5.74, 6) is 0.869. The van der Waals surface area contributed by atoms with E-state index >= 15 is 0 Å². The molecule has 0 radical (unpaired) electrons. The minimum absolute atomic E-state index is 0.303. The van der Waals surface area contributed by atoms with E-state index in [2.05, 4.69) is 32.2 Å².